The molecule has 0 radical (unpaired) electrons. The molecule has 5 fully saturated rings. The summed E-state index contributed by atoms with van der Waals surface area (Å²) in [7, 11) is 0. The summed E-state index contributed by atoms with van der Waals surface area (Å²) in [5, 5.41) is 3.31. The highest BCUT2D eigenvalue weighted by atomic mass is 16.2. The molecule has 22 heavy (non-hydrogen) atoms. The van der Waals surface area contributed by atoms with Crippen molar-refractivity contribution in [2.45, 2.75) is 45.4 Å². The number of likely N-dealkylation sites (N-methyl/N-ethyl adjacent to an activating group) is 1. The van der Waals surface area contributed by atoms with E-state index in [9.17, 15) is 4.79 Å². The third kappa shape index (κ3) is 2.75. The summed E-state index contributed by atoms with van der Waals surface area (Å²) in [5.74, 6) is 2.91. The van der Waals surface area contributed by atoms with Gasteiger partial charge in [-0.2, -0.15) is 0 Å². The van der Waals surface area contributed by atoms with Crippen molar-refractivity contribution in [3.8, 4) is 0 Å². The van der Waals surface area contributed by atoms with Gasteiger partial charge in [0, 0.05) is 32.7 Å². The molecule has 1 heterocycles. The number of rotatable bonds is 3. The van der Waals surface area contributed by atoms with Crippen LogP contribution in [0.1, 0.15) is 45.4 Å². The van der Waals surface area contributed by atoms with Gasteiger partial charge in [0.2, 0.25) is 0 Å². The van der Waals surface area contributed by atoms with E-state index in [1.165, 1.54) is 38.5 Å². The number of hydrogen-bond donors (Lipinski definition) is 1. The van der Waals surface area contributed by atoms with Crippen molar-refractivity contribution >= 4 is 6.03 Å². The highest BCUT2D eigenvalue weighted by molar-refractivity contribution is 5.74. The van der Waals surface area contributed by atoms with Gasteiger partial charge >= 0.3 is 6.03 Å². The van der Waals surface area contributed by atoms with E-state index in [1.54, 1.807) is 0 Å². The van der Waals surface area contributed by atoms with Crippen LogP contribution in [0.3, 0.4) is 0 Å². The largest absolute Gasteiger partial charge is 0.337 e. The van der Waals surface area contributed by atoms with Gasteiger partial charge in [0.05, 0.1) is 0 Å². The van der Waals surface area contributed by atoms with E-state index in [2.05, 4.69) is 17.1 Å². The maximum atomic E-state index is 12.5. The van der Waals surface area contributed by atoms with Crippen LogP contribution in [0, 0.1) is 23.2 Å². The number of hydrogen-bond acceptors (Lipinski definition) is 2. The van der Waals surface area contributed by atoms with Gasteiger partial charge < -0.3 is 15.1 Å². The SMILES string of the molecule is CCN1CCN(C(=O)NCC23CC4CC(CC(C4)C2)C3)CC1. The van der Waals surface area contributed by atoms with E-state index in [1.807, 2.05) is 4.90 Å². The third-order valence-corrected chi connectivity index (χ3v) is 6.89. The lowest BCUT2D eigenvalue weighted by Crippen LogP contribution is -2.55. The van der Waals surface area contributed by atoms with Gasteiger partial charge in [0.15, 0.2) is 0 Å². The molecule has 0 atom stereocenters. The molecule has 4 aliphatic carbocycles. The van der Waals surface area contributed by atoms with E-state index < -0.39 is 0 Å². The quantitative estimate of drug-likeness (QED) is 0.870. The topological polar surface area (TPSA) is 35.6 Å². The second kappa shape index (κ2) is 5.70. The van der Waals surface area contributed by atoms with Gasteiger partial charge in [0.25, 0.3) is 0 Å². The normalized spacial score (nSPS) is 41.0. The van der Waals surface area contributed by atoms with Gasteiger partial charge in [-0.25, -0.2) is 4.79 Å². The van der Waals surface area contributed by atoms with Crippen LogP contribution in [0.5, 0.6) is 0 Å². The molecule has 1 N–H and O–H groups in total. The van der Waals surface area contributed by atoms with E-state index in [-0.39, 0.29) is 6.03 Å². The van der Waals surface area contributed by atoms with Crippen LogP contribution in [-0.2, 0) is 0 Å². The van der Waals surface area contributed by atoms with Crippen molar-refractivity contribution in [3.05, 3.63) is 0 Å². The van der Waals surface area contributed by atoms with Crippen LogP contribution in [0.25, 0.3) is 0 Å². The molecule has 0 aromatic heterocycles. The van der Waals surface area contributed by atoms with Crippen molar-refractivity contribution in [2.75, 3.05) is 39.3 Å². The molecular formula is C18H31N3O. The van der Waals surface area contributed by atoms with E-state index in [4.69, 9.17) is 0 Å². The maximum absolute atomic E-state index is 12.5. The second-order valence-electron chi connectivity index (χ2n) is 8.50. The summed E-state index contributed by atoms with van der Waals surface area (Å²) >= 11 is 0. The Morgan fingerprint density at radius 3 is 2.05 bits per heavy atom. The van der Waals surface area contributed by atoms with E-state index >= 15 is 0 Å². The Morgan fingerprint density at radius 1 is 1.00 bits per heavy atom. The number of piperazine rings is 1. The summed E-state index contributed by atoms with van der Waals surface area (Å²) in [6.07, 6.45) is 8.57. The molecule has 2 amide bonds. The molecule has 4 bridgehead atoms. The molecule has 4 nitrogen and oxygen atoms in total. The average Bonchev–Trinajstić information content (AvgIpc) is 2.51. The average molecular weight is 305 g/mol. The first-order chi connectivity index (χ1) is 10.7. The first-order valence-electron chi connectivity index (χ1n) is 9.41. The molecule has 0 aromatic carbocycles. The molecule has 4 heteroatoms. The minimum Gasteiger partial charge on any atom is -0.337 e. The Bertz CT molecular complexity index is 393. The molecular weight excluding hydrogens is 274 g/mol. The fraction of sp³-hybridized carbons (Fsp3) is 0.944. The predicted molar refractivity (Wildman–Crippen MR) is 87.7 cm³/mol. The first kappa shape index (κ1) is 14.8. The molecule has 5 aliphatic rings. The molecule has 0 unspecified atom stereocenters. The van der Waals surface area contributed by atoms with Crippen LogP contribution in [-0.4, -0.2) is 55.1 Å². The monoisotopic (exact) mass is 305 g/mol. The lowest BCUT2D eigenvalue weighted by molar-refractivity contribution is -0.0503. The molecule has 1 saturated heterocycles. The van der Waals surface area contributed by atoms with Gasteiger partial charge in [-0.15, -0.1) is 0 Å². The number of nitrogens with zero attached hydrogens (tertiary/aromatic N) is 2. The second-order valence-corrected chi connectivity index (χ2v) is 8.50. The Labute approximate surface area is 134 Å². The zero-order valence-corrected chi connectivity index (χ0v) is 14.0. The minimum absolute atomic E-state index is 0.187. The van der Waals surface area contributed by atoms with Crippen LogP contribution in [0.2, 0.25) is 0 Å². The zero-order valence-electron chi connectivity index (χ0n) is 14.0. The fourth-order valence-electron chi connectivity index (χ4n) is 6.15. The van der Waals surface area contributed by atoms with E-state index in [0.29, 0.717) is 5.41 Å². The van der Waals surface area contributed by atoms with Crippen molar-refractivity contribution in [2.24, 2.45) is 23.2 Å². The van der Waals surface area contributed by atoms with E-state index in [0.717, 1.165) is 57.0 Å². The van der Waals surface area contributed by atoms with Crippen LogP contribution >= 0.6 is 0 Å². The zero-order chi connectivity index (χ0) is 15.2. The summed E-state index contributed by atoms with van der Waals surface area (Å²) in [5.41, 5.74) is 0.454. The molecule has 1 aliphatic heterocycles. The highest BCUT2D eigenvalue weighted by Gasteiger charge is 2.50. The Kier molecular flexibility index (Phi) is 3.83. The number of urea groups is 1. The maximum Gasteiger partial charge on any atom is 0.317 e. The summed E-state index contributed by atoms with van der Waals surface area (Å²) < 4.78 is 0. The molecule has 0 aromatic rings. The first-order valence-corrected chi connectivity index (χ1v) is 9.41. The molecule has 5 rings (SSSR count). The minimum atomic E-state index is 0.187. The molecule has 4 saturated carbocycles. The Balaban J connectivity index is 1.30. The summed E-state index contributed by atoms with van der Waals surface area (Å²) in [6.45, 7) is 8.07. The van der Waals surface area contributed by atoms with Crippen molar-refractivity contribution < 1.29 is 4.79 Å². The van der Waals surface area contributed by atoms with Crippen molar-refractivity contribution in [3.63, 3.8) is 0 Å². The van der Waals surface area contributed by atoms with Crippen LogP contribution in [0.15, 0.2) is 0 Å². The number of nitrogens with one attached hydrogen (secondary N) is 1. The summed E-state index contributed by atoms with van der Waals surface area (Å²) in [4.78, 5) is 16.9. The lowest BCUT2D eigenvalue weighted by atomic mass is 9.49. The molecule has 0 spiro atoms. The van der Waals surface area contributed by atoms with Gasteiger partial charge in [-0.3, -0.25) is 0 Å². The predicted octanol–water partition coefficient (Wildman–Crippen LogP) is 2.55. The third-order valence-electron chi connectivity index (χ3n) is 6.89. The van der Waals surface area contributed by atoms with Gasteiger partial charge in [-0.1, -0.05) is 6.92 Å². The van der Waals surface area contributed by atoms with Crippen molar-refractivity contribution in [1.82, 2.24) is 15.1 Å². The Hall–Kier alpha value is -0.770. The number of carbonyl (C=O) groups is 1. The van der Waals surface area contributed by atoms with Crippen molar-refractivity contribution in [1.29, 1.82) is 0 Å². The summed E-state index contributed by atoms with van der Waals surface area (Å²) in [6, 6.07) is 0.187. The Morgan fingerprint density at radius 2 is 1.55 bits per heavy atom. The smallest absolute Gasteiger partial charge is 0.317 e. The van der Waals surface area contributed by atoms with Crippen LogP contribution < -0.4 is 5.32 Å². The fourth-order valence-corrected chi connectivity index (χ4v) is 6.15. The number of carbonyl (C=O) groups excluding carboxylic acids is 1. The number of amides is 2. The van der Waals surface area contributed by atoms with Gasteiger partial charge in [-0.05, 0) is 68.2 Å². The highest BCUT2D eigenvalue weighted by Crippen LogP contribution is 2.59. The van der Waals surface area contributed by atoms with Crippen LogP contribution in [0.4, 0.5) is 4.79 Å². The molecule has 124 valence electrons. The lowest BCUT2D eigenvalue weighted by Gasteiger charge is -2.57. The standard InChI is InChI=1S/C18H31N3O/c1-2-20-3-5-21(6-4-20)17(22)19-13-18-10-14-7-15(11-18)9-16(8-14)12-18/h14-16H,2-13H2,1H3,(H,19,22). The van der Waals surface area contributed by atoms with Gasteiger partial charge in [0.1, 0.15) is 0 Å².